The van der Waals surface area contributed by atoms with Gasteiger partial charge in [0.15, 0.2) is 5.82 Å². The lowest BCUT2D eigenvalue weighted by atomic mass is 9.98. The van der Waals surface area contributed by atoms with Crippen LogP contribution in [0.25, 0.3) is 28.2 Å². The van der Waals surface area contributed by atoms with E-state index in [-0.39, 0.29) is 5.69 Å². The Morgan fingerprint density at radius 1 is 0.833 bits per heavy atom. The number of nitrogens with zero attached hydrogens (tertiary/aromatic N) is 5. The first kappa shape index (κ1) is 23.5. The van der Waals surface area contributed by atoms with Gasteiger partial charge in [0.05, 0.1) is 12.2 Å². The zero-order chi connectivity index (χ0) is 24.7. The molecule has 1 N–H and O–H groups in total. The predicted octanol–water partition coefficient (Wildman–Crippen LogP) is 5.66. The third kappa shape index (κ3) is 5.05. The highest BCUT2D eigenvalue weighted by Gasteiger charge is 2.14. The van der Waals surface area contributed by atoms with Gasteiger partial charge in [-0.1, -0.05) is 92.9 Å². The van der Waals surface area contributed by atoms with E-state index in [1.165, 1.54) is 19.3 Å². The molecular formula is C29H30N6O. The van der Waals surface area contributed by atoms with Gasteiger partial charge in [0.25, 0.3) is 0 Å². The van der Waals surface area contributed by atoms with Crippen LogP contribution in [-0.4, -0.2) is 29.8 Å². The molecule has 0 radical (unpaired) electrons. The van der Waals surface area contributed by atoms with Crippen LogP contribution in [0.2, 0.25) is 0 Å². The summed E-state index contributed by atoms with van der Waals surface area (Å²) in [4.78, 5) is 13.5. The van der Waals surface area contributed by atoms with Gasteiger partial charge in [-0.05, 0) is 52.1 Å². The van der Waals surface area contributed by atoms with Crippen molar-refractivity contribution in [2.24, 2.45) is 0 Å². The summed E-state index contributed by atoms with van der Waals surface area (Å²) in [6.45, 7) is 2.75. The minimum atomic E-state index is -0.000988. The molecule has 3 aromatic carbocycles. The second-order valence-electron chi connectivity index (χ2n) is 9.00. The predicted molar refractivity (Wildman–Crippen MR) is 142 cm³/mol. The second kappa shape index (κ2) is 11.0. The number of aromatic nitrogens is 6. The van der Waals surface area contributed by atoms with Gasteiger partial charge in [-0.2, -0.15) is 0 Å². The molecule has 0 saturated carbocycles. The van der Waals surface area contributed by atoms with Crippen LogP contribution < -0.4 is 5.69 Å². The number of para-hydroxylation sites is 1. The van der Waals surface area contributed by atoms with E-state index in [1.54, 1.807) is 4.57 Å². The standard InChI is InChI=1S/C29H30N6O/c1-2-3-4-6-13-25-21-35(24-11-7-5-8-12-24)29(36)34(25)20-22-16-18-23(19-17-22)26-14-9-10-15-27(26)28-30-32-33-31-28/h5,7-12,14-19,21H,2-4,6,13,20H2,1H3,(H,30,31,32,33). The van der Waals surface area contributed by atoms with Crippen molar-refractivity contribution in [2.45, 2.75) is 45.6 Å². The van der Waals surface area contributed by atoms with Crippen LogP contribution in [0.4, 0.5) is 0 Å². The number of H-pyrrole nitrogens is 1. The van der Waals surface area contributed by atoms with Crippen molar-refractivity contribution < 1.29 is 0 Å². The van der Waals surface area contributed by atoms with Crippen molar-refractivity contribution in [1.82, 2.24) is 29.8 Å². The Kier molecular flexibility index (Phi) is 7.17. The molecule has 0 aliphatic rings. The zero-order valence-corrected chi connectivity index (χ0v) is 20.5. The molecule has 5 rings (SSSR count). The molecule has 7 nitrogen and oxygen atoms in total. The van der Waals surface area contributed by atoms with Crippen molar-refractivity contribution >= 4 is 0 Å². The molecule has 0 bridgehead atoms. The van der Waals surface area contributed by atoms with Gasteiger partial charge in [-0.3, -0.25) is 9.13 Å². The lowest BCUT2D eigenvalue weighted by Crippen LogP contribution is -2.24. The molecule has 0 fully saturated rings. The number of benzene rings is 3. The highest BCUT2D eigenvalue weighted by Crippen LogP contribution is 2.29. The monoisotopic (exact) mass is 478 g/mol. The number of hydrogen-bond donors (Lipinski definition) is 1. The number of aromatic amines is 1. The maximum absolute atomic E-state index is 13.5. The van der Waals surface area contributed by atoms with Gasteiger partial charge in [0.1, 0.15) is 0 Å². The molecule has 36 heavy (non-hydrogen) atoms. The van der Waals surface area contributed by atoms with Crippen molar-refractivity contribution in [3.8, 4) is 28.2 Å². The minimum Gasteiger partial charge on any atom is -0.292 e. The first-order chi connectivity index (χ1) is 17.7. The first-order valence-electron chi connectivity index (χ1n) is 12.5. The van der Waals surface area contributed by atoms with Crippen LogP contribution in [0.5, 0.6) is 0 Å². The Balaban J connectivity index is 1.43. The van der Waals surface area contributed by atoms with E-state index in [0.29, 0.717) is 12.4 Å². The van der Waals surface area contributed by atoms with Crippen LogP contribution in [-0.2, 0) is 13.0 Å². The van der Waals surface area contributed by atoms with Crippen molar-refractivity contribution in [2.75, 3.05) is 0 Å². The molecule has 2 heterocycles. The molecule has 0 amide bonds. The van der Waals surface area contributed by atoms with Gasteiger partial charge in [-0.25, -0.2) is 9.89 Å². The van der Waals surface area contributed by atoms with E-state index in [0.717, 1.165) is 46.5 Å². The molecular weight excluding hydrogens is 448 g/mol. The van der Waals surface area contributed by atoms with Crippen molar-refractivity contribution in [3.63, 3.8) is 0 Å². The van der Waals surface area contributed by atoms with Gasteiger partial charge in [0.2, 0.25) is 0 Å². The molecule has 0 atom stereocenters. The number of rotatable bonds is 10. The number of aryl methyl sites for hydroxylation is 1. The smallest absolute Gasteiger partial charge is 0.292 e. The average molecular weight is 479 g/mol. The van der Waals surface area contributed by atoms with Crippen LogP contribution >= 0.6 is 0 Å². The maximum Gasteiger partial charge on any atom is 0.333 e. The number of tetrazole rings is 1. The summed E-state index contributed by atoms with van der Waals surface area (Å²) in [7, 11) is 0. The summed E-state index contributed by atoms with van der Waals surface area (Å²) >= 11 is 0. The van der Waals surface area contributed by atoms with Gasteiger partial charge < -0.3 is 0 Å². The van der Waals surface area contributed by atoms with E-state index in [9.17, 15) is 4.79 Å². The van der Waals surface area contributed by atoms with Crippen molar-refractivity contribution in [1.29, 1.82) is 0 Å². The Bertz CT molecular complexity index is 1450. The third-order valence-electron chi connectivity index (χ3n) is 6.52. The first-order valence-corrected chi connectivity index (χ1v) is 12.5. The largest absolute Gasteiger partial charge is 0.333 e. The molecule has 182 valence electrons. The van der Waals surface area contributed by atoms with Gasteiger partial charge in [-0.15, -0.1) is 5.10 Å². The molecule has 7 heteroatoms. The summed E-state index contributed by atoms with van der Waals surface area (Å²) in [6.07, 6.45) is 7.58. The quantitative estimate of drug-likeness (QED) is 0.263. The number of hydrogen-bond acceptors (Lipinski definition) is 4. The zero-order valence-electron chi connectivity index (χ0n) is 20.5. The van der Waals surface area contributed by atoms with Gasteiger partial charge in [0, 0.05) is 17.5 Å². The van der Waals surface area contributed by atoms with Crippen LogP contribution in [0.15, 0.2) is 89.9 Å². The number of imidazole rings is 1. The highest BCUT2D eigenvalue weighted by atomic mass is 16.1. The number of nitrogens with one attached hydrogen (secondary N) is 1. The SMILES string of the molecule is CCCCCCc1cn(-c2ccccc2)c(=O)n1Cc1ccc(-c2ccccc2-c2nnn[nH]2)cc1. The molecule has 0 saturated heterocycles. The van der Waals surface area contributed by atoms with E-state index < -0.39 is 0 Å². The highest BCUT2D eigenvalue weighted by molar-refractivity contribution is 5.80. The molecule has 0 aliphatic carbocycles. The molecule has 0 unspecified atom stereocenters. The van der Waals surface area contributed by atoms with E-state index in [4.69, 9.17) is 0 Å². The fourth-order valence-corrected chi connectivity index (χ4v) is 4.59. The maximum atomic E-state index is 13.5. The molecule has 0 spiro atoms. The summed E-state index contributed by atoms with van der Waals surface area (Å²) in [5.41, 5.74) is 6.11. The molecule has 0 aliphatic heterocycles. The van der Waals surface area contributed by atoms with Crippen molar-refractivity contribution in [3.05, 3.63) is 107 Å². The van der Waals surface area contributed by atoms with Crippen LogP contribution in [0.1, 0.15) is 43.9 Å². The fraction of sp³-hybridized carbons (Fsp3) is 0.241. The molecule has 5 aromatic rings. The summed E-state index contributed by atoms with van der Waals surface area (Å²) in [5, 5.41) is 14.3. The fourth-order valence-electron chi connectivity index (χ4n) is 4.59. The number of unbranched alkanes of at least 4 members (excludes halogenated alkanes) is 3. The lowest BCUT2D eigenvalue weighted by Gasteiger charge is -2.10. The topological polar surface area (TPSA) is 81.4 Å². The normalized spacial score (nSPS) is 11.1. The summed E-state index contributed by atoms with van der Waals surface area (Å²) in [6, 6.07) is 26.3. The molecule has 2 aromatic heterocycles. The minimum absolute atomic E-state index is 0.000988. The average Bonchev–Trinajstić information content (AvgIpc) is 3.57. The van der Waals surface area contributed by atoms with Gasteiger partial charge >= 0.3 is 5.69 Å². The second-order valence-corrected chi connectivity index (χ2v) is 9.00. The summed E-state index contributed by atoms with van der Waals surface area (Å²) in [5.74, 6) is 0.635. The van der Waals surface area contributed by atoms with E-state index in [2.05, 4.69) is 57.9 Å². The van der Waals surface area contributed by atoms with E-state index in [1.807, 2.05) is 59.3 Å². The Morgan fingerprint density at radius 2 is 1.58 bits per heavy atom. The summed E-state index contributed by atoms with van der Waals surface area (Å²) < 4.78 is 3.69. The van der Waals surface area contributed by atoms with Crippen LogP contribution in [0.3, 0.4) is 0 Å². The third-order valence-corrected chi connectivity index (χ3v) is 6.52. The Labute approximate surface area is 210 Å². The lowest BCUT2D eigenvalue weighted by molar-refractivity contribution is 0.631. The Hall–Kier alpha value is -4.26. The van der Waals surface area contributed by atoms with Crippen LogP contribution in [0, 0.1) is 0 Å². The van der Waals surface area contributed by atoms with E-state index >= 15 is 0 Å². The Morgan fingerprint density at radius 3 is 2.31 bits per heavy atom.